The molecule has 0 aromatic heterocycles. The number of ether oxygens (including phenoxy) is 1. The van der Waals surface area contributed by atoms with Crippen molar-refractivity contribution in [2.75, 3.05) is 33.0 Å². The number of likely N-dealkylation sites (N-methyl/N-ethyl adjacent to an activating group) is 1. The molecular formula is C21H32N2O6S2. The van der Waals surface area contributed by atoms with Crippen molar-refractivity contribution in [1.29, 1.82) is 0 Å². The summed E-state index contributed by atoms with van der Waals surface area (Å²) in [6.07, 6.45) is 5.70. The highest BCUT2D eigenvalue weighted by atomic mass is 32.2. The largest absolute Gasteiger partial charge is 0.487 e. The average molecular weight is 473 g/mol. The van der Waals surface area contributed by atoms with Crippen LogP contribution in [0, 0.1) is 5.92 Å². The first-order valence-electron chi connectivity index (χ1n) is 10.5. The number of fused-ring (bicyclic) bond motifs is 1. The molecule has 2 aliphatic rings. The van der Waals surface area contributed by atoms with Gasteiger partial charge >= 0.3 is 0 Å². The van der Waals surface area contributed by atoms with Gasteiger partial charge in [0.2, 0.25) is 20.0 Å². The van der Waals surface area contributed by atoms with E-state index in [4.69, 9.17) is 4.74 Å². The predicted molar refractivity (Wildman–Crippen MR) is 120 cm³/mol. The van der Waals surface area contributed by atoms with E-state index in [1.54, 1.807) is 25.1 Å². The number of benzene rings is 1. The van der Waals surface area contributed by atoms with Crippen molar-refractivity contribution < 1.29 is 26.7 Å². The first kappa shape index (κ1) is 24.2. The minimum atomic E-state index is -3.91. The number of allylic oxidation sites excluding steroid dienone is 2. The maximum Gasteiger partial charge on any atom is 0.247 e. The second-order valence-electron chi connectivity index (χ2n) is 8.57. The molecule has 0 fully saturated rings. The number of hydrogen-bond acceptors (Lipinski definition) is 6. The van der Waals surface area contributed by atoms with E-state index in [-0.39, 0.29) is 36.3 Å². The minimum Gasteiger partial charge on any atom is -0.487 e. The van der Waals surface area contributed by atoms with E-state index in [1.807, 2.05) is 6.92 Å². The number of rotatable bonds is 6. The maximum atomic E-state index is 13.5. The van der Waals surface area contributed by atoms with Crippen LogP contribution in [0.2, 0.25) is 0 Å². The van der Waals surface area contributed by atoms with Gasteiger partial charge in [-0.15, -0.1) is 0 Å². The molecule has 1 heterocycles. The van der Waals surface area contributed by atoms with Gasteiger partial charge in [0, 0.05) is 25.6 Å². The molecule has 8 nitrogen and oxygen atoms in total. The van der Waals surface area contributed by atoms with E-state index in [1.165, 1.54) is 15.7 Å². The summed E-state index contributed by atoms with van der Waals surface area (Å²) in [5, 5.41) is 9.69. The molecule has 31 heavy (non-hydrogen) atoms. The average Bonchev–Trinajstić information content (AvgIpc) is 3.23. The summed E-state index contributed by atoms with van der Waals surface area (Å²) in [7, 11) is -5.86. The lowest BCUT2D eigenvalue weighted by Crippen LogP contribution is -2.50. The fourth-order valence-corrected chi connectivity index (χ4v) is 6.21. The summed E-state index contributed by atoms with van der Waals surface area (Å²) < 4.78 is 59.6. The van der Waals surface area contributed by atoms with Crippen LogP contribution in [0.3, 0.4) is 0 Å². The van der Waals surface area contributed by atoms with Crippen molar-refractivity contribution in [3.8, 4) is 5.75 Å². The van der Waals surface area contributed by atoms with Gasteiger partial charge < -0.3 is 9.84 Å². The Balaban J connectivity index is 2.10. The van der Waals surface area contributed by atoms with Crippen molar-refractivity contribution in [1.82, 2.24) is 8.61 Å². The van der Waals surface area contributed by atoms with Gasteiger partial charge in [-0.2, -0.15) is 4.31 Å². The molecule has 1 aliphatic heterocycles. The maximum absolute atomic E-state index is 13.5. The van der Waals surface area contributed by atoms with Gasteiger partial charge in [0.25, 0.3) is 0 Å². The number of aliphatic hydroxyl groups excluding tert-OH is 1. The fraction of sp³-hybridized carbons (Fsp3) is 0.619. The van der Waals surface area contributed by atoms with Crippen molar-refractivity contribution >= 4 is 25.6 Å². The van der Waals surface area contributed by atoms with Gasteiger partial charge in [0.05, 0.1) is 19.4 Å². The van der Waals surface area contributed by atoms with Gasteiger partial charge in [0.15, 0.2) is 0 Å². The van der Waals surface area contributed by atoms with E-state index >= 15 is 0 Å². The van der Waals surface area contributed by atoms with Crippen LogP contribution in [0.25, 0.3) is 5.57 Å². The van der Waals surface area contributed by atoms with Crippen molar-refractivity contribution in [3.05, 3.63) is 29.8 Å². The van der Waals surface area contributed by atoms with Crippen LogP contribution in [-0.4, -0.2) is 75.7 Å². The molecule has 0 saturated heterocycles. The van der Waals surface area contributed by atoms with Gasteiger partial charge in [-0.05, 0) is 49.5 Å². The highest BCUT2D eigenvalue weighted by Gasteiger charge is 2.38. The Morgan fingerprint density at radius 3 is 2.65 bits per heavy atom. The Morgan fingerprint density at radius 2 is 2.06 bits per heavy atom. The van der Waals surface area contributed by atoms with E-state index < -0.39 is 32.2 Å². The summed E-state index contributed by atoms with van der Waals surface area (Å²) in [5.41, 5.74) is 2.07. The molecule has 0 saturated carbocycles. The molecule has 10 heteroatoms. The van der Waals surface area contributed by atoms with Crippen LogP contribution in [0.5, 0.6) is 5.75 Å². The second-order valence-corrected chi connectivity index (χ2v) is 12.5. The molecule has 1 aromatic rings. The molecule has 3 atom stereocenters. The quantitative estimate of drug-likeness (QED) is 0.678. The number of nitrogens with zero attached hydrogens (tertiary/aromatic N) is 2. The first-order valence-corrected chi connectivity index (χ1v) is 13.8. The minimum absolute atomic E-state index is 0.0362. The zero-order valence-corrected chi connectivity index (χ0v) is 20.1. The summed E-state index contributed by atoms with van der Waals surface area (Å²) in [6.45, 7) is 3.37. The molecule has 3 rings (SSSR count). The lowest BCUT2D eigenvalue weighted by atomic mass is 10.0. The molecule has 1 aliphatic carbocycles. The van der Waals surface area contributed by atoms with Crippen molar-refractivity contribution in [2.45, 2.75) is 50.2 Å². The zero-order valence-electron chi connectivity index (χ0n) is 18.5. The Morgan fingerprint density at radius 1 is 1.35 bits per heavy atom. The predicted octanol–water partition coefficient (Wildman–Crippen LogP) is 1.91. The number of aliphatic hydroxyl groups is 1. The van der Waals surface area contributed by atoms with E-state index in [2.05, 4.69) is 6.08 Å². The summed E-state index contributed by atoms with van der Waals surface area (Å²) in [6, 6.07) is 4.48. The van der Waals surface area contributed by atoms with Gasteiger partial charge in [-0.1, -0.05) is 19.1 Å². The third-order valence-electron chi connectivity index (χ3n) is 6.08. The molecule has 1 N–H and O–H groups in total. The van der Waals surface area contributed by atoms with Gasteiger partial charge in [-0.25, -0.2) is 21.1 Å². The van der Waals surface area contributed by atoms with E-state index in [0.717, 1.165) is 36.7 Å². The Bertz CT molecular complexity index is 1050. The molecule has 174 valence electrons. The Hall–Kier alpha value is -1.46. The number of sulfonamides is 2. The molecule has 0 spiro atoms. The highest BCUT2D eigenvalue weighted by molar-refractivity contribution is 7.89. The third kappa shape index (κ3) is 5.14. The Kier molecular flexibility index (Phi) is 7.17. The molecular weight excluding hydrogens is 440 g/mol. The van der Waals surface area contributed by atoms with Crippen LogP contribution < -0.4 is 4.74 Å². The van der Waals surface area contributed by atoms with Crippen LogP contribution in [0.15, 0.2) is 29.2 Å². The zero-order chi connectivity index (χ0) is 23.0. The van der Waals surface area contributed by atoms with E-state index in [9.17, 15) is 21.9 Å². The fourth-order valence-electron chi connectivity index (χ4n) is 3.97. The van der Waals surface area contributed by atoms with Crippen LogP contribution in [0.4, 0.5) is 0 Å². The van der Waals surface area contributed by atoms with Crippen LogP contribution in [-0.2, 0) is 20.0 Å². The lowest BCUT2D eigenvalue weighted by Gasteiger charge is -2.37. The lowest BCUT2D eigenvalue weighted by molar-refractivity contribution is 0.0905. The van der Waals surface area contributed by atoms with Crippen molar-refractivity contribution in [2.24, 2.45) is 5.92 Å². The second kappa shape index (κ2) is 9.19. The molecule has 1 aromatic carbocycles. The normalized spacial score (nSPS) is 25.3. The van der Waals surface area contributed by atoms with Gasteiger partial charge in [0.1, 0.15) is 16.7 Å². The molecule has 0 bridgehead atoms. The molecule has 0 radical (unpaired) electrons. The SMILES string of the molecule is C[C@@H]1CN([C@@H](C)CO)S(=O)(=O)c2ccc(C3=CCCC3)cc2O[C@@H]1CN(C)S(C)(=O)=O. The van der Waals surface area contributed by atoms with Crippen LogP contribution in [0.1, 0.15) is 38.7 Å². The topological polar surface area (TPSA) is 104 Å². The molecule has 0 amide bonds. The van der Waals surface area contributed by atoms with Crippen LogP contribution >= 0.6 is 0 Å². The standard InChI is InChI=1S/C21H32N2O6S2/c1-15-12-23(16(2)14-24)31(27,28)21-10-9-18(17-7-5-6-8-17)11-19(21)29-20(15)13-22(3)30(4,25)26/h7,9-11,15-16,20,24H,5-6,8,12-14H2,1-4H3/t15-,16+,20-/m1/s1. The monoisotopic (exact) mass is 472 g/mol. The smallest absolute Gasteiger partial charge is 0.247 e. The summed E-state index contributed by atoms with van der Waals surface area (Å²) in [5.74, 6) is -0.0885. The number of hydrogen-bond donors (Lipinski definition) is 1. The first-order chi connectivity index (χ1) is 14.4. The Labute approximate surface area is 185 Å². The van der Waals surface area contributed by atoms with E-state index in [0.29, 0.717) is 0 Å². The van der Waals surface area contributed by atoms with Crippen molar-refractivity contribution in [3.63, 3.8) is 0 Å². The highest BCUT2D eigenvalue weighted by Crippen LogP contribution is 2.37. The summed E-state index contributed by atoms with van der Waals surface area (Å²) in [4.78, 5) is 0.0362. The van der Waals surface area contributed by atoms with Gasteiger partial charge in [-0.3, -0.25) is 0 Å². The summed E-state index contributed by atoms with van der Waals surface area (Å²) >= 11 is 0. The molecule has 0 unspecified atom stereocenters. The third-order valence-corrected chi connectivity index (χ3v) is 9.38.